The van der Waals surface area contributed by atoms with E-state index in [1.807, 2.05) is 0 Å². The van der Waals surface area contributed by atoms with Gasteiger partial charge in [0.15, 0.2) is 0 Å². The van der Waals surface area contributed by atoms with Crippen molar-refractivity contribution in [2.75, 3.05) is 5.73 Å². The van der Waals surface area contributed by atoms with Gasteiger partial charge in [0.2, 0.25) is 5.91 Å². The number of carbonyl (C=O) groups is 1. The first-order valence-corrected chi connectivity index (χ1v) is 6.56. The molecule has 0 saturated heterocycles. The molecule has 0 radical (unpaired) electrons. The molecule has 4 nitrogen and oxygen atoms in total. The van der Waals surface area contributed by atoms with Gasteiger partial charge in [-0.15, -0.1) is 0 Å². The molecule has 0 fully saturated rings. The number of hydrogen-bond acceptors (Lipinski definition) is 3. The number of nitrogens with two attached hydrogens (primary N) is 2. The van der Waals surface area contributed by atoms with Gasteiger partial charge in [-0.3, -0.25) is 9.00 Å². The van der Waals surface area contributed by atoms with Gasteiger partial charge in [0, 0.05) is 5.69 Å². The highest BCUT2D eigenvalue weighted by Gasteiger charge is 2.32. The lowest BCUT2D eigenvalue weighted by atomic mass is 10.2. The van der Waals surface area contributed by atoms with E-state index in [1.165, 1.54) is 0 Å². The largest absolute Gasteiger partial charge is 0.416 e. The van der Waals surface area contributed by atoms with Crippen LogP contribution in [0.1, 0.15) is 18.9 Å². The fourth-order valence-electron chi connectivity index (χ4n) is 1.52. The van der Waals surface area contributed by atoms with E-state index < -0.39 is 33.7 Å². The van der Waals surface area contributed by atoms with E-state index in [0.29, 0.717) is 6.07 Å². The first-order chi connectivity index (χ1) is 8.68. The fraction of sp³-hybridized carbons (Fsp3) is 0.364. The second-order valence-electron chi connectivity index (χ2n) is 3.85. The Morgan fingerprint density at radius 1 is 1.42 bits per heavy atom. The molecule has 0 aromatic heterocycles. The second-order valence-corrected chi connectivity index (χ2v) is 5.45. The Bertz CT molecular complexity index is 517. The molecule has 8 heteroatoms. The SMILES string of the molecule is CCC(C(N)=O)S(=O)c1ccc(C(F)(F)F)cc1N. The number of amides is 1. The van der Waals surface area contributed by atoms with Crippen molar-refractivity contribution < 1.29 is 22.2 Å². The van der Waals surface area contributed by atoms with Crippen LogP contribution in [0.25, 0.3) is 0 Å². The molecular formula is C11H13F3N2O2S. The first-order valence-electron chi connectivity index (χ1n) is 5.35. The molecule has 4 N–H and O–H groups in total. The summed E-state index contributed by atoms with van der Waals surface area (Å²) >= 11 is 0. The number of carbonyl (C=O) groups excluding carboxylic acids is 1. The zero-order chi connectivity index (χ0) is 14.8. The molecule has 0 heterocycles. The molecule has 0 aliphatic carbocycles. The molecule has 0 bridgehead atoms. The highest BCUT2D eigenvalue weighted by molar-refractivity contribution is 7.86. The van der Waals surface area contributed by atoms with Gasteiger partial charge < -0.3 is 11.5 Å². The van der Waals surface area contributed by atoms with Gasteiger partial charge in [0.05, 0.1) is 21.3 Å². The third kappa shape index (κ3) is 3.46. The van der Waals surface area contributed by atoms with Crippen LogP contribution in [-0.4, -0.2) is 15.4 Å². The van der Waals surface area contributed by atoms with Crippen molar-refractivity contribution in [3.05, 3.63) is 23.8 Å². The van der Waals surface area contributed by atoms with Crippen LogP contribution in [0.15, 0.2) is 23.1 Å². The number of nitrogen functional groups attached to an aromatic ring is 1. The quantitative estimate of drug-likeness (QED) is 0.828. The monoisotopic (exact) mass is 294 g/mol. The predicted octanol–water partition coefficient (Wildman–Crippen LogP) is 1.66. The van der Waals surface area contributed by atoms with Crippen LogP contribution < -0.4 is 11.5 Å². The molecule has 2 unspecified atom stereocenters. The summed E-state index contributed by atoms with van der Waals surface area (Å²) < 4.78 is 49.4. The summed E-state index contributed by atoms with van der Waals surface area (Å²) in [5.41, 5.74) is 9.35. The molecule has 0 aliphatic heterocycles. The summed E-state index contributed by atoms with van der Waals surface area (Å²) in [7, 11) is -1.86. The highest BCUT2D eigenvalue weighted by atomic mass is 32.2. The van der Waals surface area contributed by atoms with E-state index in [2.05, 4.69) is 0 Å². The standard InChI is InChI=1S/C11H13F3N2O2S/c1-2-8(10(16)17)19(18)9-4-3-6(5-7(9)15)11(12,13)14/h3-5,8H,2,15H2,1H3,(H2,16,17). The van der Waals surface area contributed by atoms with Gasteiger partial charge in [-0.25, -0.2) is 0 Å². The second kappa shape index (κ2) is 5.60. The molecule has 0 aliphatic rings. The Balaban J connectivity index is 3.16. The zero-order valence-corrected chi connectivity index (χ0v) is 10.8. The third-order valence-electron chi connectivity index (χ3n) is 2.50. The Morgan fingerprint density at radius 3 is 2.37 bits per heavy atom. The molecule has 1 rings (SSSR count). The lowest BCUT2D eigenvalue weighted by Gasteiger charge is -2.14. The first kappa shape index (κ1) is 15.5. The molecule has 106 valence electrons. The van der Waals surface area contributed by atoms with Crippen molar-refractivity contribution in [1.82, 2.24) is 0 Å². The Morgan fingerprint density at radius 2 is 2.00 bits per heavy atom. The third-order valence-corrected chi connectivity index (χ3v) is 4.39. The maximum atomic E-state index is 12.4. The smallest absolute Gasteiger partial charge is 0.398 e. The average Bonchev–Trinajstić information content (AvgIpc) is 2.27. The molecule has 1 aromatic rings. The maximum absolute atomic E-state index is 12.4. The topological polar surface area (TPSA) is 86.2 Å². The van der Waals surface area contributed by atoms with Crippen molar-refractivity contribution in [3.63, 3.8) is 0 Å². The molecule has 0 spiro atoms. The fourth-order valence-corrected chi connectivity index (χ4v) is 2.83. The highest BCUT2D eigenvalue weighted by Crippen LogP contribution is 2.32. The van der Waals surface area contributed by atoms with Crippen molar-refractivity contribution in [3.8, 4) is 0 Å². The van der Waals surface area contributed by atoms with Crippen molar-refractivity contribution in [1.29, 1.82) is 0 Å². The maximum Gasteiger partial charge on any atom is 0.416 e. The number of anilines is 1. The van der Waals surface area contributed by atoms with Crippen LogP contribution in [0.3, 0.4) is 0 Å². The molecule has 1 aromatic carbocycles. The van der Waals surface area contributed by atoms with Gasteiger partial charge >= 0.3 is 6.18 Å². The van der Waals surface area contributed by atoms with Crippen LogP contribution in [0.5, 0.6) is 0 Å². The van der Waals surface area contributed by atoms with Crippen LogP contribution in [0, 0.1) is 0 Å². The van der Waals surface area contributed by atoms with E-state index in [9.17, 15) is 22.2 Å². The Kier molecular flexibility index (Phi) is 4.56. The number of primary amides is 1. The summed E-state index contributed by atoms with van der Waals surface area (Å²) in [6.07, 6.45) is -4.32. The molecule has 2 atom stereocenters. The van der Waals surface area contributed by atoms with Crippen LogP contribution in [-0.2, 0) is 21.8 Å². The van der Waals surface area contributed by atoms with Gasteiger partial charge in [0.1, 0.15) is 5.25 Å². The minimum absolute atomic E-state index is 0.0151. The predicted molar refractivity (Wildman–Crippen MR) is 65.5 cm³/mol. The lowest BCUT2D eigenvalue weighted by molar-refractivity contribution is -0.137. The molecule has 1 amide bonds. The number of rotatable bonds is 4. The summed E-state index contributed by atoms with van der Waals surface area (Å²) in [6, 6.07) is 2.48. The minimum Gasteiger partial charge on any atom is -0.398 e. The average molecular weight is 294 g/mol. The normalized spacial score (nSPS) is 14.9. The van der Waals surface area contributed by atoms with E-state index in [-0.39, 0.29) is 17.0 Å². The molecule has 0 saturated carbocycles. The van der Waals surface area contributed by atoms with Crippen molar-refractivity contribution in [2.45, 2.75) is 29.7 Å². The van der Waals surface area contributed by atoms with Gasteiger partial charge in [0.25, 0.3) is 0 Å². The number of alkyl halides is 3. The Hall–Kier alpha value is -1.57. The Labute approximate surface area is 110 Å². The van der Waals surface area contributed by atoms with E-state index in [1.54, 1.807) is 6.92 Å². The number of hydrogen-bond donors (Lipinski definition) is 2. The summed E-state index contributed by atoms with van der Waals surface area (Å²) in [5.74, 6) is -0.778. The van der Waals surface area contributed by atoms with Gasteiger partial charge in [-0.2, -0.15) is 13.2 Å². The van der Waals surface area contributed by atoms with E-state index in [4.69, 9.17) is 11.5 Å². The van der Waals surface area contributed by atoms with Crippen LogP contribution in [0.2, 0.25) is 0 Å². The number of halogens is 3. The summed E-state index contributed by atoms with van der Waals surface area (Å²) in [4.78, 5) is 11.1. The van der Waals surface area contributed by atoms with Crippen molar-refractivity contribution in [2.24, 2.45) is 5.73 Å². The minimum atomic E-state index is -4.53. The van der Waals surface area contributed by atoms with Crippen LogP contribution >= 0.6 is 0 Å². The molecular weight excluding hydrogens is 281 g/mol. The number of benzene rings is 1. The summed E-state index contributed by atoms with van der Waals surface area (Å²) in [6.45, 7) is 1.60. The van der Waals surface area contributed by atoms with E-state index in [0.717, 1.165) is 12.1 Å². The van der Waals surface area contributed by atoms with Crippen LogP contribution in [0.4, 0.5) is 18.9 Å². The summed E-state index contributed by atoms with van der Waals surface area (Å²) in [5, 5.41) is -0.973. The van der Waals surface area contributed by atoms with Crippen molar-refractivity contribution >= 4 is 22.4 Å². The lowest BCUT2D eigenvalue weighted by Crippen LogP contribution is -2.32. The van der Waals surface area contributed by atoms with Gasteiger partial charge in [-0.05, 0) is 24.6 Å². The zero-order valence-electron chi connectivity index (χ0n) is 10.0. The van der Waals surface area contributed by atoms with Gasteiger partial charge in [-0.1, -0.05) is 6.92 Å². The van der Waals surface area contributed by atoms with E-state index >= 15 is 0 Å². The molecule has 19 heavy (non-hydrogen) atoms.